The van der Waals surface area contributed by atoms with E-state index in [2.05, 4.69) is 6.92 Å². The Labute approximate surface area is 120 Å². The van der Waals surface area contributed by atoms with E-state index in [4.69, 9.17) is 4.74 Å². The summed E-state index contributed by atoms with van der Waals surface area (Å²) in [4.78, 5) is 11.8. The summed E-state index contributed by atoms with van der Waals surface area (Å²) in [6, 6.07) is 0. The second kappa shape index (κ2) is 6.80. The van der Waals surface area contributed by atoms with Crippen molar-refractivity contribution in [3.63, 3.8) is 0 Å². The van der Waals surface area contributed by atoms with Gasteiger partial charge >= 0.3 is 5.30 Å². The van der Waals surface area contributed by atoms with E-state index in [0.717, 1.165) is 6.42 Å². The lowest BCUT2D eigenvalue weighted by Gasteiger charge is -2.27. The first-order chi connectivity index (χ1) is 8.67. The van der Waals surface area contributed by atoms with E-state index in [0.29, 0.717) is 12.3 Å². The van der Waals surface area contributed by atoms with Gasteiger partial charge in [-0.25, -0.2) is 4.79 Å². The number of hydrogen-bond donors (Lipinski definition) is 1. The van der Waals surface area contributed by atoms with Crippen molar-refractivity contribution >= 4 is 17.1 Å². The fourth-order valence-corrected chi connectivity index (χ4v) is 2.76. The van der Waals surface area contributed by atoms with Crippen LogP contribution in [-0.2, 0) is 4.74 Å². The largest absolute Gasteiger partial charge is 0.450 e. The molecule has 1 rings (SSSR count). The number of hydrogen-bond acceptors (Lipinski definition) is 4. The van der Waals surface area contributed by atoms with Crippen LogP contribution in [0.15, 0.2) is 12.2 Å². The number of aliphatic hydroxyl groups is 1. The van der Waals surface area contributed by atoms with Gasteiger partial charge in [-0.3, -0.25) is 0 Å². The summed E-state index contributed by atoms with van der Waals surface area (Å²) in [5.41, 5.74) is 0. The summed E-state index contributed by atoms with van der Waals surface area (Å²) in [5, 5.41) is 9.77. The molecule has 0 bridgehead atoms. The highest BCUT2D eigenvalue weighted by molar-refractivity contribution is 8.14. The van der Waals surface area contributed by atoms with Crippen LogP contribution in [0.4, 0.5) is 4.79 Å². The molecule has 0 amide bonds. The molecule has 0 aromatic heterocycles. The molecule has 3 nitrogen and oxygen atoms in total. The van der Waals surface area contributed by atoms with Crippen LogP contribution in [0.25, 0.3) is 0 Å². The third kappa shape index (κ3) is 6.48. The Morgan fingerprint density at radius 1 is 1.26 bits per heavy atom. The molecular formula is C15H26O3S. The molecule has 0 aromatic carbocycles. The lowest BCUT2D eigenvalue weighted by molar-refractivity contribution is 0.0608. The Kier molecular flexibility index (Phi) is 5.93. The van der Waals surface area contributed by atoms with E-state index in [1.54, 1.807) is 0 Å². The fraction of sp³-hybridized carbons (Fsp3) is 0.800. The van der Waals surface area contributed by atoms with Crippen molar-refractivity contribution in [1.29, 1.82) is 0 Å². The standard InChI is InChI=1S/C15H26O3S/c1-10-6-7-12(9-11(2)13(16)8-10)18-14(17)19-15(3,4)5/h6-7,10-13,16H,8-9H2,1-5H3/b7-6+. The van der Waals surface area contributed by atoms with Gasteiger partial charge in [-0.05, 0) is 42.5 Å². The Bertz CT molecular complexity index is 333. The fourth-order valence-electron chi connectivity index (χ4n) is 2.09. The molecule has 0 radical (unpaired) electrons. The number of thioether (sulfide) groups is 1. The second-order valence-corrected chi connectivity index (χ2v) is 8.26. The zero-order valence-corrected chi connectivity index (χ0v) is 13.4. The summed E-state index contributed by atoms with van der Waals surface area (Å²) in [5.74, 6) is 0.457. The van der Waals surface area contributed by atoms with Gasteiger partial charge < -0.3 is 9.84 Å². The molecule has 0 spiro atoms. The molecule has 4 atom stereocenters. The summed E-state index contributed by atoms with van der Waals surface area (Å²) in [6.45, 7) is 10.0. The molecular weight excluding hydrogens is 260 g/mol. The van der Waals surface area contributed by atoms with E-state index in [1.165, 1.54) is 11.8 Å². The van der Waals surface area contributed by atoms with Crippen LogP contribution in [0.3, 0.4) is 0 Å². The number of rotatable bonds is 1. The van der Waals surface area contributed by atoms with Crippen molar-refractivity contribution in [2.24, 2.45) is 11.8 Å². The van der Waals surface area contributed by atoms with E-state index in [-0.39, 0.29) is 28.2 Å². The highest BCUT2D eigenvalue weighted by Gasteiger charge is 2.26. The highest BCUT2D eigenvalue weighted by Crippen LogP contribution is 2.28. The van der Waals surface area contributed by atoms with Gasteiger partial charge in [0.05, 0.1) is 6.10 Å². The molecule has 1 N–H and O–H groups in total. The molecule has 1 aliphatic rings. The molecule has 0 aliphatic heterocycles. The van der Waals surface area contributed by atoms with Gasteiger partial charge in [0.25, 0.3) is 0 Å². The van der Waals surface area contributed by atoms with Crippen molar-refractivity contribution in [1.82, 2.24) is 0 Å². The van der Waals surface area contributed by atoms with Crippen molar-refractivity contribution < 1.29 is 14.6 Å². The van der Waals surface area contributed by atoms with E-state index in [9.17, 15) is 9.90 Å². The minimum Gasteiger partial charge on any atom is -0.450 e. The molecule has 110 valence electrons. The van der Waals surface area contributed by atoms with Crippen molar-refractivity contribution in [2.45, 2.75) is 64.4 Å². The summed E-state index contributed by atoms with van der Waals surface area (Å²) >= 11 is 1.21. The zero-order valence-electron chi connectivity index (χ0n) is 12.6. The molecule has 4 heteroatoms. The second-order valence-electron chi connectivity index (χ2n) is 6.50. The molecule has 1 aliphatic carbocycles. The number of carbonyl (C=O) groups excluding carboxylic acids is 1. The molecule has 19 heavy (non-hydrogen) atoms. The van der Waals surface area contributed by atoms with Crippen LogP contribution in [-0.4, -0.2) is 27.4 Å². The van der Waals surface area contributed by atoms with Gasteiger partial charge in [0.2, 0.25) is 0 Å². The molecule has 0 saturated heterocycles. The molecule has 0 saturated carbocycles. The molecule has 4 unspecified atom stereocenters. The van der Waals surface area contributed by atoms with Crippen molar-refractivity contribution in [3.05, 3.63) is 12.2 Å². The Morgan fingerprint density at radius 3 is 2.47 bits per heavy atom. The van der Waals surface area contributed by atoms with E-state index >= 15 is 0 Å². The Morgan fingerprint density at radius 2 is 1.89 bits per heavy atom. The number of ether oxygens (including phenoxy) is 1. The third-order valence-electron chi connectivity index (χ3n) is 3.17. The van der Waals surface area contributed by atoms with Crippen LogP contribution in [0.5, 0.6) is 0 Å². The maximum absolute atomic E-state index is 11.8. The van der Waals surface area contributed by atoms with E-state index in [1.807, 2.05) is 39.8 Å². The first-order valence-electron chi connectivity index (χ1n) is 6.93. The lowest BCUT2D eigenvalue weighted by atomic mass is 9.87. The first-order valence-corrected chi connectivity index (χ1v) is 7.75. The van der Waals surface area contributed by atoms with Crippen LogP contribution < -0.4 is 0 Å². The van der Waals surface area contributed by atoms with Gasteiger partial charge in [-0.15, -0.1) is 0 Å². The maximum Gasteiger partial charge on any atom is 0.368 e. The smallest absolute Gasteiger partial charge is 0.368 e. The average molecular weight is 286 g/mol. The topological polar surface area (TPSA) is 46.5 Å². The molecule has 0 heterocycles. The minimum atomic E-state index is -0.323. The third-order valence-corrected chi connectivity index (χ3v) is 4.04. The SMILES string of the molecule is CC1/C=C/C(OC(=O)SC(C)(C)C)CC(C)C(O)C1. The van der Waals surface area contributed by atoms with Crippen LogP contribution in [0.1, 0.15) is 47.5 Å². The van der Waals surface area contributed by atoms with E-state index < -0.39 is 0 Å². The van der Waals surface area contributed by atoms with Gasteiger partial charge in [0.15, 0.2) is 0 Å². The first kappa shape index (κ1) is 16.6. The predicted molar refractivity (Wildman–Crippen MR) is 80.3 cm³/mol. The number of aliphatic hydroxyl groups excluding tert-OH is 1. The van der Waals surface area contributed by atoms with Crippen molar-refractivity contribution in [2.75, 3.05) is 0 Å². The Balaban J connectivity index is 2.63. The highest BCUT2D eigenvalue weighted by atomic mass is 32.2. The van der Waals surface area contributed by atoms with Gasteiger partial charge in [-0.1, -0.05) is 40.7 Å². The van der Waals surface area contributed by atoms with Crippen LogP contribution in [0, 0.1) is 11.8 Å². The monoisotopic (exact) mass is 286 g/mol. The van der Waals surface area contributed by atoms with Crippen LogP contribution >= 0.6 is 11.8 Å². The lowest BCUT2D eigenvalue weighted by Crippen LogP contribution is -2.28. The zero-order chi connectivity index (χ0) is 14.6. The summed E-state index contributed by atoms with van der Waals surface area (Å²) < 4.78 is 5.36. The average Bonchev–Trinajstić information content (AvgIpc) is 2.21. The maximum atomic E-state index is 11.8. The summed E-state index contributed by atoms with van der Waals surface area (Å²) in [7, 11) is 0. The number of allylic oxidation sites excluding steroid dienone is 1. The Hall–Kier alpha value is -0.480. The molecule has 0 aromatic rings. The molecule has 0 fully saturated rings. The predicted octanol–water partition coefficient (Wildman–Crippen LogP) is 4.01. The summed E-state index contributed by atoms with van der Waals surface area (Å²) in [6.07, 6.45) is 4.91. The van der Waals surface area contributed by atoms with Crippen molar-refractivity contribution in [3.8, 4) is 0 Å². The van der Waals surface area contributed by atoms with Gasteiger partial charge in [0.1, 0.15) is 6.10 Å². The minimum absolute atomic E-state index is 0.138. The van der Waals surface area contributed by atoms with Crippen LogP contribution in [0.2, 0.25) is 0 Å². The number of carbonyl (C=O) groups is 1. The van der Waals surface area contributed by atoms with Gasteiger partial charge in [-0.2, -0.15) is 0 Å². The quantitative estimate of drug-likeness (QED) is 0.584. The van der Waals surface area contributed by atoms with Gasteiger partial charge in [0, 0.05) is 4.75 Å². The normalized spacial score (nSPS) is 34.2.